The Balaban J connectivity index is 2.15. The Morgan fingerprint density at radius 3 is 2.31 bits per heavy atom. The molecule has 0 N–H and O–H groups in total. The first-order valence-electron chi connectivity index (χ1n) is 7.02. The maximum absolute atomic E-state index is 2.80. The third-order valence-corrected chi connectivity index (χ3v) is 4.60. The van der Waals surface area contributed by atoms with E-state index in [1.54, 1.807) is 0 Å². The van der Waals surface area contributed by atoms with Crippen LogP contribution in [0.5, 0.6) is 0 Å². The van der Waals surface area contributed by atoms with E-state index in [9.17, 15) is 0 Å². The topological polar surface area (TPSA) is 6.48 Å². The predicted molar refractivity (Wildman–Crippen MR) is 69.7 cm³/mol. The molecule has 0 saturated carbocycles. The molecule has 94 valence electrons. The van der Waals surface area contributed by atoms with E-state index in [4.69, 9.17) is 0 Å². The SMILES string of the molecule is CC1CC2CCN(C(C)C)CC1N2C(C)C. The maximum atomic E-state index is 2.80. The zero-order valence-corrected chi connectivity index (χ0v) is 11.6. The first-order chi connectivity index (χ1) is 7.50. The van der Waals surface area contributed by atoms with Crippen molar-refractivity contribution in [3.63, 3.8) is 0 Å². The molecule has 2 saturated heterocycles. The van der Waals surface area contributed by atoms with Gasteiger partial charge in [-0.05, 0) is 53.0 Å². The van der Waals surface area contributed by atoms with Gasteiger partial charge >= 0.3 is 0 Å². The fraction of sp³-hybridized carbons (Fsp3) is 1.00. The molecule has 2 rings (SSSR count). The summed E-state index contributed by atoms with van der Waals surface area (Å²) in [5.74, 6) is 0.883. The Hall–Kier alpha value is -0.0800. The van der Waals surface area contributed by atoms with Crippen LogP contribution in [0.2, 0.25) is 0 Å². The second-order valence-corrected chi connectivity index (χ2v) is 6.35. The molecule has 0 aromatic heterocycles. The molecule has 16 heavy (non-hydrogen) atoms. The van der Waals surface area contributed by atoms with Gasteiger partial charge in [-0.2, -0.15) is 0 Å². The van der Waals surface area contributed by atoms with E-state index in [0.29, 0.717) is 12.1 Å². The summed E-state index contributed by atoms with van der Waals surface area (Å²) < 4.78 is 0. The molecule has 2 aliphatic rings. The molecule has 2 fully saturated rings. The van der Waals surface area contributed by atoms with E-state index in [1.165, 1.54) is 25.9 Å². The Kier molecular flexibility index (Phi) is 3.60. The van der Waals surface area contributed by atoms with E-state index < -0.39 is 0 Å². The van der Waals surface area contributed by atoms with Crippen LogP contribution in [-0.2, 0) is 0 Å². The standard InChI is InChI=1S/C14H28N2/c1-10(2)15-7-6-13-8-12(5)14(9-15)16(13)11(3)4/h10-14H,6-9H2,1-5H3. The lowest BCUT2D eigenvalue weighted by Crippen LogP contribution is -2.46. The van der Waals surface area contributed by atoms with Crippen LogP contribution >= 0.6 is 0 Å². The first kappa shape index (κ1) is 12.4. The van der Waals surface area contributed by atoms with Crippen LogP contribution < -0.4 is 0 Å². The number of hydrogen-bond donors (Lipinski definition) is 0. The summed E-state index contributed by atoms with van der Waals surface area (Å²) in [5.41, 5.74) is 0. The van der Waals surface area contributed by atoms with Crippen molar-refractivity contribution in [3.05, 3.63) is 0 Å². The van der Waals surface area contributed by atoms with Crippen LogP contribution in [0.3, 0.4) is 0 Å². The minimum absolute atomic E-state index is 0.709. The smallest absolute Gasteiger partial charge is 0.0255 e. The van der Waals surface area contributed by atoms with E-state index in [2.05, 4.69) is 44.4 Å². The van der Waals surface area contributed by atoms with Gasteiger partial charge in [0.05, 0.1) is 0 Å². The second kappa shape index (κ2) is 4.66. The van der Waals surface area contributed by atoms with Gasteiger partial charge in [-0.3, -0.25) is 9.80 Å². The van der Waals surface area contributed by atoms with Gasteiger partial charge in [0.1, 0.15) is 0 Å². The lowest BCUT2D eigenvalue weighted by molar-refractivity contribution is 0.125. The zero-order valence-electron chi connectivity index (χ0n) is 11.6. The molecular formula is C14H28N2. The average molecular weight is 224 g/mol. The third-order valence-electron chi connectivity index (χ3n) is 4.60. The van der Waals surface area contributed by atoms with Crippen molar-refractivity contribution < 1.29 is 0 Å². The molecule has 2 nitrogen and oxygen atoms in total. The Bertz CT molecular complexity index is 237. The van der Waals surface area contributed by atoms with Crippen molar-refractivity contribution in [2.45, 2.75) is 71.6 Å². The van der Waals surface area contributed by atoms with Gasteiger partial charge in [-0.15, -0.1) is 0 Å². The van der Waals surface area contributed by atoms with Crippen molar-refractivity contribution in [3.8, 4) is 0 Å². The number of fused-ring (bicyclic) bond motifs is 2. The van der Waals surface area contributed by atoms with Crippen LogP contribution in [0, 0.1) is 5.92 Å². The van der Waals surface area contributed by atoms with Crippen LogP contribution in [0.25, 0.3) is 0 Å². The van der Waals surface area contributed by atoms with Crippen LogP contribution in [0.4, 0.5) is 0 Å². The van der Waals surface area contributed by atoms with E-state index >= 15 is 0 Å². The van der Waals surface area contributed by atoms with Crippen molar-refractivity contribution in [1.82, 2.24) is 9.80 Å². The molecule has 0 aliphatic carbocycles. The number of hydrogen-bond acceptors (Lipinski definition) is 2. The van der Waals surface area contributed by atoms with Crippen molar-refractivity contribution in [1.29, 1.82) is 0 Å². The summed E-state index contributed by atoms with van der Waals surface area (Å²) in [6.45, 7) is 14.4. The summed E-state index contributed by atoms with van der Waals surface area (Å²) in [7, 11) is 0. The van der Waals surface area contributed by atoms with Gasteiger partial charge < -0.3 is 0 Å². The Morgan fingerprint density at radius 1 is 1.06 bits per heavy atom. The number of likely N-dealkylation sites (tertiary alicyclic amines) is 1. The number of nitrogens with zero attached hydrogens (tertiary/aromatic N) is 2. The molecule has 3 unspecified atom stereocenters. The quantitative estimate of drug-likeness (QED) is 0.711. The highest BCUT2D eigenvalue weighted by Gasteiger charge is 2.42. The molecule has 2 heterocycles. The lowest BCUT2D eigenvalue weighted by Gasteiger charge is -2.34. The van der Waals surface area contributed by atoms with Gasteiger partial charge in [-0.1, -0.05) is 6.92 Å². The Labute approximate surface area is 101 Å². The second-order valence-electron chi connectivity index (χ2n) is 6.35. The molecule has 0 aromatic rings. The molecule has 0 amide bonds. The molecule has 0 spiro atoms. The Morgan fingerprint density at radius 2 is 1.75 bits per heavy atom. The fourth-order valence-corrected chi connectivity index (χ4v) is 3.73. The monoisotopic (exact) mass is 224 g/mol. The first-order valence-corrected chi connectivity index (χ1v) is 7.02. The molecule has 0 aromatic carbocycles. The largest absolute Gasteiger partial charge is 0.299 e. The van der Waals surface area contributed by atoms with Crippen molar-refractivity contribution >= 4 is 0 Å². The summed E-state index contributed by atoms with van der Waals surface area (Å²) >= 11 is 0. The van der Waals surface area contributed by atoms with E-state index in [1.807, 2.05) is 0 Å². The van der Waals surface area contributed by atoms with Crippen molar-refractivity contribution in [2.24, 2.45) is 5.92 Å². The van der Waals surface area contributed by atoms with Crippen LogP contribution in [0.1, 0.15) is 47.5 Å². The zero-order chi connectivity index (χ0) is 11.9. The molecule has 3 atom stereocenters. The molecule has 2 bridgehead atoms. The predicted octanol–water partition coefficient (Wildman–Crippen LogP) is 2.59. The van der Waals surface area contributed by atoms with E-state index in [-0.39, 0.29) is 0 Å². The van der Waals surface area contributed by atoms with E-state index in [0.717, 1.165) is 18.0 Å². The third kappa shape index (κ3) is 2.14. The van der Waals surface area contributed by atoms with Gasteiger partial charge in [0.25, 0.3) is 0 Å². The fourth-order valence-electron chi connectivity index (χ4n) is 3.73. The van der Waals surface area contributed by atoms with Crippen LogP contribution in [-0.4, -0.2) is 47.1 Å². The van der Waals surface area contributed by atoms with Crippen LogP contribution in [0.15, 0.2) is 0 Å². The van der Waals surface area contributed by atoms with Gasteiger partial charge in [0.15, 0.2) is 0 Å². The van der Waals surface area contributed by atoms with Gasteiger partial charge in [0, 0.05) is 30.7 Å². The summed E-state index contributed by atoms with van der Waals surface area (Å²) in [6.07, 6.45) is 2.80. The lowest BCUT2D eigenvalue weighted by atomic mass is 9.97. The highest BCUT2D eigenvalue weighted by Crippen LogP contribution is 2.36. The highest BCUT2D eigenvalue weighted by molar-refractivity contribution is 4.98. The maximum Gasteiger partial charge on any atom is 0.0255 e. The van der Waals surface area contributed by atoms with Gasteiger partial charge in [-0.25, -0.2) is 0 Å². The summed E-state index contributed by atoms with van der Waals surface area (Å²) in [4.78, 5) is 5.47. The molecule has 2 aliphatic heterocycles. The van der Waals surface area contributed by atoms with Gasteiger partial charge in [0.2, 0.25) is 0 Å². The minimum atomic E-state index is 0.709. The summed E-state index contributed by atoms with van der Waals surface area (Å²) in [6, 6.07) is 3.08. The average Bonchev–Trinajstić information content (AvgIpc) is 2.39. The molecule has 2 heteroatoms. The molecule has 0 radical (unpaired) electrons. The molecular weight excluding hydrogens is 196 g/mol. The minimum Gasteiger partial charge on any atom is -0.299 e. The number of rotatable bonds is 2. The summed E-state index contributed by atoms with van der Waals surface area (Å²) in [5, 5.41) is 0. The normalized spacial score (nSPS) is 37.3. The highest BCUT2D eigenvalue weighted by atomic mass is 15.3. The van der Waals surface area contributed by atoms with Crippen molar-refractivity contribution in [2.75, 3.05) is 13.1 Å².